The average molecular weight is 154 g/mol. The Hall–Kier alpha value is -1.00. The quantitative estimate of drug-likeness (QED) is 0.420. The van der Waals surface area contributed by atoms with Gasteiger partial charge in [0.1, 0.15) is 0 Å². The lowest BCUT2D eigenvalue weighted by molar-refractivity contribution is -0.135. The Kier molecular flexibility index (Phi) is 2.92. The molecule has 10 heavy (non-hydrogen) atoms. The average Bonchev–Trinajstić information content (AvgIpc) is 1.81. The molecule has 0 aliphatic heterocycles. The van der Waals surface area contributed by atoms with Crippen molar-refractivity contribution >= 4 is 5.97 Å². The van der Waals surface area contributed by atoms with Crippen molar-refractivity contribution in [3.63, 3.8) is 0 Å². The van der Waals surface area contributed by atoms with Crippen LogP contribution in [0, 0.1) is 0 Å². The highest BCUT2D eigenvalue weighted by atomic mass is 19.4. The first-order valence-electron chi connectivity index (χ1n) is 2.29. The number of hydrogen-bond donors (Lipinski definition) is 0. The molecular formula is C5H5F3O2. The Morgan fingerprint density at radius 1 is 1.50 bits per heavy atom. The van der Waals surface area contributed by atoms with Crippen LogP contribution in [0.2, 0.25) is 0 Å². The molecule has 0 aromatic rings. The normalized spacial score (nSPS) is 12.0. The maximum atomic E-state index is 11.3. The van der Waals surface area contributed by atoms with E-state index < -0.39 is 12.1 Å². The lowest BCUT2D eigenvalue weighted by Gasteiger charge is -1.95. The van der Waals surface area contributed by atoms with Gasteiger partial charge in [0, 0.05) is 12.2 Å². The van der Waals surface area contributed by atoms with Gasteiger partial charge in [-0.05, 0) is 0 Å². The molecule has 0 aliphatic rings. The Labute approximate surface area is 55.3 Å². The van der Waals surface area contributed by atoms with Gasteiger partial charge >= 0.3 is 12.1 Å². The van der Waals surface area contributed by atoms with E-state index in [1.807, 2.05) is 0 Å². The summed E-state index contributed by atoms with van der Waals surface area (Å²) in [6, 6.07) is 0. The summed E-state index contributed by atoms with van der Waals surface area (Å²) in [6.45, 7) is 0. The smallest absolute Gasteiger partial charge is 0.410 e. The number of rotatable bonds is 1. The molecule has 0 saturated heterocycles. The largest absolute Gasteiger partial charge is 0.466 e. The summed E-state index contributed by atoms with van der Waals surface area (Å²) in [5.74, 6) is -1.02. The van der Waals surface area contributed by atoms with Crippen LogP contribution in [-0.4, -0.2) is 19.3 Å². The zero-order chi connectivity index (χ0) is 8.20. The molecule has 0 aromatic heterocycles. The van der Waals surface area contributed by atoms with Crippen LogP contribution in [-0.2, 0) is 9.53 Å². The lowest BCUT2D eigenvalue weighted by Crippen LogP contribution is -2.03. The summed E-state index contributed by atoms with van der Waals surface area (Å²) in [4.78, 5) is 10.0. The Morgan fingerprint density at radius 2 is 2.00 bits per heavy atom. The highest BCUT2D eigenvalue weighted by Gasteiger charge is 2.22. The second kappa shape index (κ2) is 3.24. The van der Waals surface area contributed by atoms with E-state index in [1.165, 1.54) is 0 Å². The third kappa shape index (κ3) is 5.14. The predicted molar refractivity (Wildman–Crippen MR) is 27.2 cm³/mol. The van der Waals surface area contributed by atoms with Gasteiger partial charge < -0.3 is 4.74 Å². The van der Waals surface area contributed by atoms with Gasteiger partial charge in [-0.2, -0.15) is 13.2 Å². The number of methoxy groups -OCH3 is 1. The van der Waals surface area contributed by atoms with E-state index in [2.05, 4.69) is 4.74 Å². The molecule has 5 heteroatoms. The molecule has 0 amide bonds. The first-order valence-corrected chi connectivity index (χ1v) is 2.29. The number of hydrogen-bond acceptors (Lipinski definition) is 2. The summed E-state index contributed by atoms with van der Waals surface area (Å²) in [6.07, 6.45) is -4.31. The molecule has 0 fully saturated rings. The number of carbonyl (C=O) groups is 1. The number of alkyl halides is 3. The fourth-order valence-electron chi connectivity index (χ4n) is 0.231. The van der Waals surface area contributed by atoms with Crippen molar-refractivity contribution in [2.24, 2.45) is 0 Å². The Morgan fingerprint density at radius 3 is 2.30 bits per heavy atom. The Bertz CT molecular complexity index is 147. The fourth-order valence-corrected chi connectivity index (χ4v) is 0.231. The van der Waals surface area contributed by atoms with Crippen molar-refractivity contribution in [3.05, 3.63) is 12.2 Å². The molecule has 2 nitrogen and oxygen atoms in total. The zero-order valence-corrected chi connectivity index (χ0v) is 5.11. The summed E-state index contributed by atoms with van der Waals surface area (Å²) in [5.41, 5.74) is 0. The maximum absolute atomic E-state index is 11.3. The minimum Gasteiger partial charge on any atom is -0.466 e. The van der Waals surface area contributed by atoms with Crippen molar-refractivity contribution in [2.45, 2.75) is 6.18 Å². The monoisotopic (exact) mass is 154 g/mol. The summed E-state index contributed by atoms with van der Waals surface area (Å²) >= 11 is 0. The first kappa shape index (κ1) is 9.00. The van der Waals surface area contributed by atoms with E-state index >= 15 is 0 Å². The SMILES string of the molecule is COC(=O)/C=C/C(F)(F)F. The number of carbonyl (C=O) groups excluding carboxylic acids is 1. The molecule has 58 valence electrons. The van der Waals surface area contributed by atoms with Crippen molar-refractivity contribution in [3.8, 4) is 0 Å². The number of ether oxygens (including phenoxy) is 1. The van der Waals surface area contributed by atoms with E-state index in [-0.39, 0.29) is 6.08 Å². The van der Waals surface area contributed by atoms with Crippen LogP contribution >= 0.6 is 0 Å². The minimum absolute atomic E-state index is 0.182. The molecule has 0 radical (unpaired) electrons. The second-order valence-electron chi connectivity index (χ2n) is 1.40. The number of allylic oxidation sites excluding steroid dienone is 1. The molecule has 0 unspecified atom stereocenters. The van der Waals surface area contributed by atoms with Crippen molar-refractivity contribution in [1.29, 1.82) is 0 Å². The Balaban J connectivity index is 3.88. The highest BCUT2D eigenvalue weighted by Crippen LogP contribution is 2.15. The van der Waals surface area contributed by atoms with Gasteiger partial charge in [0.15, 0.2) is 0 Å². The molecule has 0 N–H and O–H groups in total. The third-order valence-electron chi connectivity index (χ3n) is 0.610. The van der Waals surface area contributed by atoms with Gasteiger partial charge in [-0.15, -0.1) is 0 Å². The lowest BCUT2D eigenvalue weighted by atomic mass is 10.5. The second-order valence-corrected chi connectivity index (χ2v) is 1.40. The molecule has 0 rings (SSSR count). The van der Waals surface area contributed by atoms with Crippen molar-refractivity contribution in [2.75, 3.05) is 7.11 Å². The van der Waals surface area contributed by atoms with Gasteiger partial charge in [0.25, 0.3) is 0 Å². The standard InChI is InChI=1S/C5H5F3O2/c1-10-4(9)2-3-5(6,7)8/h2-3H,1H3/b3-2+. The van der Waals surface area contributed by atoms with Crippen molar-refractivity contribution < 1.29 is 22.7 Å². The minimum atomic E-state index is -4.45. The zero-order valence-electron chi connectivity index (χ0n) is 5.11. The molecule has 0 saturated carbocycles. The van der Waals surface area contributed by atoms with Crippen LogP contribution < -0.4 is 0 Å². The van der Waals surface area contributed by atoms with Crippen LogP contribution in [0.15, 0.2) is 12.2 Å². The third-order valence-corrected chi connectivity index (χ3v) is 0.610. The first-order chi connectivity index (χ1) is 4.45. The summed E-state index contributed by atoms with van der Waals surface area (Å²) < 4.78 is 37.7. The van der Waals surface area contributed by atoms with Gasteiger partial charge in [-0.3, -0.25) is 0 Å². The molecule has 0 aliphatic carbocycles. The van der Waals surface area contributed by atoms with Gasteiger partial charge in [-0.25, -0.2) is 4.79 Å². The van der Waals surface area contributed by atoms with E-state index in [4.69, 9.17) is 0 Å². The molecular weight excluding hydrogens is 149 g/mol. The fraction of sp³-hybridized carbons (Fsp3) is 0.400. The van der Waals surface area contributed by atoms with Crippen LogP contribution in [0.5, 0.6) is 0 Å². The van der Waals surface area contributed by atoms with E-state index in [0.717, 1.165) is 7.11 Å². The maximum Gasteiger partial charge on any atom is 0.410 e. The molecule has 0 aromatic carbocycles. The van der Waals surface area contributed by atoms with E-state index in [1.54, 1.807) is 0 Å². The van der Waals surface area contributed by atoms with Crippen LogP contribution in [0.4, 0.5) is 13.2 Å². The summed E-state index contributed by atoms with van der Waals surface area (Å²) in [7, 11) is 1.00. The number of esters is 1. The van der Waals surface area contributed by atoms with Crippen LogP contribution in [0.3, 0.4) is 0 Å². The van der Waals surface area contributed by atoms with Gasteiger partial charge in [0.2, 0.25) is 0 Å². The van der Waals surface area contributed by atoms with Gasteiger partial charge in [-0.1, -0.05) is 0 Å². The highest BCUT2D eigenvalue weighted by molar-refractivity contribution is 5.81. The van der Waals surface area contributed by atoms with E-state index in [9.17, 15) is 18.0 Å². The van der Waals surface area contributed by atoms with E-state index in [0.29, 0.717) is 6.08 Å². The topological polar surface area (TPSA) is 26.3 Å². The van der Waals surface area contributed by atoms with Crippen LogP contribution in [0.25, 0.3) is 0 Å². The summed E-state index contributed by atoms with van der Waals surface area (Å²) in [5, 5.41) is 0. The van der Waals surface area contributed by atoms with Crippen molar-refractivity contribution in [1.82, 2.24) is 0 Å². The van der Waals surface area contributed by atoms with Gasteiger partial charge in [0.05, 0.1) is 7.11 Å². The molecule has 0 spiro atoms. The molecule has 0 atom stereocenters. The predicted octanol–water partition coefficient (Wildman–Crippen LogP) is 1.28. The molecule has 0 bridgehead atoms. The molecule has 0 heterocycles. The van der Waals surface area contributed by atoms with Crippen LogP contribution in [0.1, 0.15) is 0 Å². The number of halogens is 3.